The first-order chi connectivity index (χ1) is 10.3. The van der Waals surface area contributed by atoms with Crippen LogP contribution in [0.4, 0.5) is 0 Å². The maximum Gasteiger partial charge on any atom is 0.0555 e. The highest BCUT2D eigenvalue weighted by atomic mass is 32.1. The number of thiophene rings is 1. The maximum absolute atomic E-state index is 5.41. The summed E-state index contributed by atoms with van der Waals surface area (Å²) in [5.74, 6) is 6.02. The number of nitrogens with two attached hydrogens (primary N) is 1. The predicted molar refractivity (Wildman–Crippen MR) is 89.4 cm³/mol. The first-order valence-electron chi connectivity index (χ1n) is 7.40. The Hall–Kier alpha value is -1.60. The third-order valence-electron chi connectivity index (χ3n) is 3.88. The van der Waals surface area contributed by atoms with Gasteiger partial charge in [0, 0.05) is 35.5 Å². The minimum Gasteiger partial charge on any atom is -0.320 e. The molecule has 0 bridgehead atoms. The number of benzene rings is 1. The second kappa shape index (κ2) is 6.91. The molecule has 0 radical (unpaired) electrons. The molecule has 2 aromatic rings. The maximum atomic E-state index is 5.41. The van der Waals surface area contributed by atoms with Gasteiger partial charge in [0.25, 0.3) is 0 Å². The van der Waals surface area contributed by atoms with E-state index in [1.807, 2.05) is 0 Å². The molecule has 1 aromatic heterocycles. The van der Waals surface area contributed by atoms with Crippen molar-refractivity contribution in [2.45, 2.75) is 19.4 Å². The summed E-state index contributed by atoms with van der Waals surface area (Å²) in [5.41, 5.74) is 9.54. The lowest BCUT2D eigenvalue weighted by molar-refractivity contribution is 0.282. The van der Waals surface area contributed by atoms with E-state index in [2.05, 4.69) is 52.5 Å². The van der Waals surface area contributed by atoms with E-state index < -0.39 is 0 Å². The van der Waals surface area contributed by atoms with E-state index >= 15 is 0 Å². The third kappa shape index (κ3) is 3.74. The van der Waals surface area contributed by atoms with Crippen molar-refractivity contribution >= 4 is 11.3 Å². The van der Waals surface area contributed by atoms with E-state index in [1.165, 1.54) is 16.0 Å². The van der Waals surface area contributed by atoms with Gasteiger partial charge in [-0.05, 0) is 30.0 Å². The lowest BCUT2D eigenvalue weighted by Crippen LogP contribution is -2.25. The minimum absolute atomic E-state index is 0.426. The van der Waals surface area contributed by atoms with Gasteiger partial charge >= 0.3 is 0 Å². The molecule has 3 heteroatoms. The van der Waals surface area contributed by atoms with E-state index in [-0.39, 0.29) is 0 Å². The second-order valence-electron chi connectivity index (χ2n) is 5.35. The van der Waals surface area contributed by atoms with Crippen LogP contribution in [0.3, 0.4) is 0 Å². The molecule has 0 atom stereocenters. The van der Waals surface area contributed by atoms with Gasteiger partial charge in [0.15, 0.2) is 0 Å². The molecule has 0 amide bonds. The van der Waals surface area contributed by atoms with Gasteiger partial charge in [0.2, 0.25) is 0 Å². The molecular formula is C18H20N2S. The van der Waals surface area contributed by atoms with Crippen LogP contribution in [0, 0.1) is 11.8 Å². The fraction of sp³-hybridized carbons (Fsp3) is 0.333. The molecule has 2 heterocycles. The Kier molecular flexibility index (Phi) is 4.72. The van der Waals surface area contributed by atoms with Crippen molar-refractivity contribution in [3.05, 3.63) is 57.3 Å². The molecule has 3 rings (SSSR count). The number of rotatable bonds is 2. The van der Waals surface area contributed by atoms with Crippen LogP contribution in [-0.4, -0.2) is 24.5 Å². The topological polar surface area (TPSA) is 29.3 Å². The molecule has 21 heavy (non-hydrogen) atoms. The lowest BCUT2D eigenvalue weighted by Gasteiger charge is -2.18. The lowest BCUT2D eigenvalue weighted by atomic mass is 10.0. The average molecular weight is 296 g/mol. The zero-order chi connectivity index (χ0) is 14.5. The number of fused-ring (bicyclic) bond motifs is 1. The standard InChI is InChI=1S/C18H20N2S/c19-9-3-4-15-12-18(21-14-15)13-20-10-7-16-5-1-2-6-17(16)8-11-20/h1-2,5-6,12,14H,7-11,13,19H2. The van der Waals surface area contributed by atoms with Gasteiger partial charge in [-0.15, -0.1) is 11.3 Å². The highest BCUT2D eigenvalue weighted by Gasteiger charge is 2.14. The van der Waals surface area contributed by atoms with Crippen LogP contribution in [0.1, 0.15) is 21.6 Å². The summed E-state index contributed by atoms with van der Waals surface area (Å²) in [6.07, 6.45) is 2.31. The first-order valence-corrected chi connectivity index (χ1v) is 8.28. The van der Waals surface area contributed by atoms with Gasteiger partial charge in [0.05, 0.1) is 6.54 Å². The van der Waals surface area contributed by atoms with Crippen molar-refractivity contribution in [2.75, 3.05) is 19.6 Å². The smallest absolute Gasteiger partial charge is 0.0555 e. The summed E-state index contributed by atoms with van der Waals surface area (Å²) in [5, 5.41) is 2.13. The van der Waals surface area contributed by atoms with Crippen molar-refractivity contribution in [1.29, 1.82) is 0 Å². The van der Waals surface area contributed by atoms with Crippen LogP contribution < -0.4 is 5.73 Å². The minimum atomic E-state index is 0.426. The Morgan fingerprint density at radius 1 is 1.14 bits per heavy atom. The Bertz CT molecular complexity index is 636. The molecule has 1 aromatic carbocycles. The summed E-state index contributed by atoms with van der Waals surface area (Å²) in [6.45, 7) is 3.73. The molecule has 1 aliphatic heterocycles. The van der Waals surface area contributed by atoms with Crippen LogP contribution >= 0.6 is 11.3 Å². The quantitative estimate of drug-likeness (QED) is 0.863. The molecule has 1 aliphatic rings. The van der Waals surface area contributed by atoms with Crippen molar-refractivity contribution in [1.82, 2.24) is 4.90 Å². The predicted octanol–water partition coefficient (Wildman–Crippen LogP) is 2.66. The monoisotopic (exact) mass is 296 g/mol. The van der Waals surface area contributed by atoms with Gasteiger partial charge in [-0.2, -0.15) is 0 Å². The summed E-state index contributed by atoms with van der Waals surface area (Å²) in [7, 11) is 0. The fourth-order valence-corrected chi connectivity index (χ4v) is 3.63. The number of hydrogen-bond donors (Lipinski definition) is 1. The van der Waals surface area contributed by atoms with E-state index in [0.29, 0.717) is 6.54 Å². The molecule has 0 saturated carbocycles. The zero-order valence-corrected chi connectivity index (χ0v) is 13.0. The molecule has 0 saturated heterocycles. The molecule has 0 fully saturated rings. The van der Waals surface area contributed by atoms with Gasteiger partial charge in [-0.25, -0.2) is 0 Å². The first kappa shape index (κ1) is 14.3. The van der Waals surface area contributed by atoms with Crippen LogP contribution in [0.25, 0.3) is 0 Å². The zero-order valence-electron chi connectivity index (χ0n) is 12.1. The van der Waals surface area contributed by atoms with Crippen molar-refractivity contribution in [3.63, 3.8) is 0 Å². The van der Waals surface area contributed by atoms with E-state index in [4.69, 9.17) is 5.73 Å². The second-order valence-corrected chi connectivity index (χ2v) is 6.35. The van der Waals surface area contributed by atoms with Crippen LogP contribution in [0.5, 0.6) is 0 Å². The number of nitrogens with zero attached hydrogens (tertiary/aromatic N) is 1. The largest absolute Gasteiger partial charge is 0.320 e. The molecule has 0 unspecified atom stereocenters. The average Bonchev–Trinajstić information content (AvgIpc) is 2.86. The summed E-state index contributed by atoms with van der Waals surface area (Å²) < 4.78 is 0. The highest BCUT2D eigenvalue weighted by Crippen LogP contribution is 2.20. The molecule has 2 nitrogen and oxygen atoms in total. The SMILES string of the molecule is NCC#Cc1csc(CN2CCc3ccccc3CC2)c1. The normalized spacial score (nSPS) is 14.9. The molecule has 108 valence electrons. The van der Waals surface area contributed by atoms with Crippen molar-refractivity contribution in [3.8, 4) is 11.8 Å². The molecule has 2 N–H and O–H groups in total. The molecule has 0 aliphatic carbocycles. The van der Waals surface area contributed by atoms with E-state index in [0.717, 1.165) is 38.0 Å². The van der Waals surface area contributed by atoms with Gasteiger partial charge in [-0.3, -0.25) is 4.90 Å². The van der Waals surface area contributed by atoms with Crippen molar-refractivity contribution in [2.24, 2.45) is 5.73 Å². The van der Waals surface area contributed by atoms with E-state index in [1.54, 1.807) is 11.3 Å². The van der Waals surface area contributed by atoms with Gasteiger partial charge < -0.3 is 5.73 Å². The van der Waals surface area contributed by atoms with Crippen molar-refractivity contribution < 1.29 is 0 Å². The summed E-state index contributed by atoms with van der Waals surface area (Å²) in [6, 6.07) is 11.0. The summed E-state index contributed by atoms with van der Waals surface area (Å²) in [4.78, 5) is 3.94. The molecular weight excluding hydrogens is 276 g/mol. The third-order valence-corrected chi connectivity index (χ3v) is 4.80. The van der Waals surface area contributed by atoms with Gasteiger partial charge in [0.1, 0.15) is 0 Å². The Morgan fingerprint density at radius 3 is 2.52 bits per heavy atom. The fourth-order valence-electron chi connectivity index (χ4n) is 2.77. The highest BCUT2D eigenvalue weighted by molar-refractivity contribution is 7.10. The van der Waals surface area contributed by atoms with Crippen LogP contribution in [-0.2, 0) is 19.4 Å². The van der Waals surface area contributed by atoms with E-state index in [9.17, 15) is 0 Å². The van der Waals surface area contributed by atoms with Gasteiger partial charge in [-0.1, -0.05) is 36.1 Å². The summed E-state index contributed by atoms with van der Waals surface area (Å²) >= 11 is 1.80. The Balaban J connectivity index is 1.63. The number of hydrogen-bond acceptors (Lipinski definition) is 3. The van der Waals surface area contributed by atoms with Crippen LogP contribution in [0.2, 0.25) is 0 Å². The molecule has 0 spiro atoms. The Labute approximate surface area is 130 Å². The Morgan fingerprint density at radius 2 is 1.86 bits per heavy atom. The van der Waals surface area contributed by atoms with Crippen LogP contribution in [0.15, 0.2) is 35.7 Å².